The minimum Gasteiger partial charge on any atom is -0.478 e. The molecule has 1 atom stereocenters. The number of hydrogen-bond acceptors (Lipinski definition) is 4. The van der Waals surface area contributed by atoms with Gasteiger partial charge in [0.25, 0.3) is 0 Å². The molecule has 2 amide bonds. The summed E-state index contributed by atoms with van der Waals surface area (Å²) >= 11 is 3.16. The number of benzene rings is 3. The van der Waals surface area contributed by atoms with Crippen molar-refractivity contribution < 1.29 is 24.2 Å². The highest BCUT2D eigenvalue weighted by Crippen LogP contribution is 2.44. The summed E-state index contributed by atoms with van der Waals surface area (Å²) in [5.74, 6) is -1.70. The van der Waals surface area contributed by atoms with Crippen molar-refractivity contribution in [3.63, 3.8) is 0 Å². The molecule has 3 aromatic rings. The van der Waals surface area contributed by atoms with Crippen LogP contribution in [0.25, 0.3) is 11.1 Å². The molecule has 0 radical (unpaired) electrons. The van der Waals surface area contributed by atoms with Gasteiger partial charge in [0.05, 0.1) is 5.56 Å². The molecule has 33 heavy (non-hydrogen) atoms. The highest BCUT2D eigenvalue weighted by Gasteiger charge is 2.29. The summed E-state index contributed by atoms with van der Waals surface area (Å²) in [6.45, 7) is 1.66. The summed E-state index contributed by atoms with van der Waals surface area (Å²) < 4.78 is 5.86. The lowest BCUT2D eigenvalue weighted by molar-refractivity contribution is -0.117. The van der Waals surface area contributed by atoms with Gasteiger partial charge in [-0.3, -0.25) is 4.79 Å². The summed E-state index contributed by atoms with van der Waals surface area (Å²) in [4.78, 5) is 36.1. The minimum absolute atomic E-state index is 0.0185. The van der Waals surface area contributed by atoms with Gasteiger partial charge in [0.2, 0.25) is 5.91 Å². The van der Waals surface area contributed by atoms with Gasteiger partial charge in [-0.25, -0.2) is 9.59 Å². The lowest BCUT2D eigenvalue weighted by Gasteiger charge is -2.17. The number of hydrogen-bond donors (Lipinski definition) is 3. The Bertz CT molecular complexity index is 1200. The van der Waals surface area contributed by atoms with E-state index in [4.69, 9.17) is 4.74 Å². The Labute approximate surface area is 198 Å². The lowest BCUT2D eigenvalue weighted by Crippen LogP contribution is -2.42. The third kappa shape index (κ3) is 4.75. The van der Waals surface area contributed by atoms with Gasteiger partial charge >= 0.3 is 12.1 Å². The van der Waals surface area contributed by atoms with E-state index in [-0.39, 0.29) is 18.1 Å². The van der Waals surface area contributed by atoms with E-state index in [1.165, 1.54) is 19.1 Å². The number of alkyl carbamates (subject to hydrolysis) is 1. The number of fused-ring (bicyclic) bond motifs is 3. The molecule has 0 aliphatic heterocycles. The number of ether oxygens (including phenoxy) is 1. The van der Waals surface area contributed by atoms with Crippen molar-refractivity contribution in [2.24, 2.45) is 0 Å². The van der Waals surface area contributed by atoms with Crippen molar-refractivity contribution in [3.8, 4) is 11.1 Å². The van der Waals surface area contributed by atoms with Gasteiger partial charge in [0, 0.05) is 16.1 Å². The summed E-state index contributed by atoms with van der Waals surface area (Å²) in [5, 5.41) is 14.3. The molecule has 0 saturated heterocycles. The maximum atomic E-state index is 12.5. The third-order valence-electron chi connectivity index (χ3n) is 5.54. The molecule has 0 saturated carbocycles. The first-order valence-corrected chi connectivity index (χ1v) is 11.1. The number of anilines is 1. The van der Waals surface area contributed by atoms with E-state index in [9.17, 15) is 19.5 Å². The quantitative estimate of drug-likeness (QED) is 0.433. The van der Waals surface area contributed by atoms with Crippen LogP contribution in [0.1, 0.15) is 34.3 Å². The summed E-state index contributed by atoms with van der Waals surface area (Å²) in [6.07, 6.45) is -0.707. The lowest BCUT2D eigenvalue weighted by atomic mass is 9.98. The minimum atomic E-state index is -1.12. The molecule has 4 rings (SSSR count). The molecule has 1 aliphatic carbocycles. The maximum Gasteiger partial charge on any atom is 0.407 e. The van der Waals surface area contributed by atoms with Crippen LogP contribution < -0.4 is 10.6 Å². The highest BCUT2D eigenvalue weighted by molar-refractivity contribution is 9.10. The Morgan fingerprint density at radius 1 is 1.00 bits per heavy atom. The molecule has 1 aliphatic rings. The second kappa shape index (κ2) is 9.46. The number of nitrogens with one attached hydrogen (secondary N) is 2. The van der Waals surface area contributed by atoms with Gasteiger partial charge in [-0.15, -0.1) is 0 Å². The first-order valence-electron chi connectivity index (χ1n) is 10.3. The highest BCUT2D eigenvalue weighted by atomic mass is 79.9. The normalized spacial score (nSPS) is 12.9. The van der Waals surface area contributed by atoms with E-state index < -0.39 is 24.0 Å². The van der Waals surface area contributed by atoms with Crippen LogP contribution in [0.4, 0.5) is 10.5 Å². The molecule has 1 unspecified atom stereocenters. The van der Waals surface area contributed by atoms with Gasteiger partial charge in [-0.05, 0) is 63.3 Å². The number of carboxylic acids is 1. The smallest absolute Gasteiger partial charge is 0.407 e. The molecule has 8 heteroatoms. The van der Waals surface area contributed by atoms with Crippen LogP contribution in [-0.4, -0.2) is 35.7 Å². The number of aromatic carboxylic acids is 1. The van der Waals surface area contributed by atoms with E-state index in [0.29, 0.717) is 10.2 Å². The predicted molar refractivity (Wildman–Crippen MR) is 127 cm³/mol. The van der Waals surface area contributed by atoms with Gasteiger partial charge in [-0.2, -0.15) is 0 Å². The average Bonchev–Trinajstić information content (AvgIpc) is 3.12. The summed E-state index contributed by atoms with van der Waals surface area (Å²) in [5.41, 5.74) is 4.78. The van der Waals surface area contributed by atoms with E-state index in [1.54, 1.807) is 6.07 Å². The van der Waals surface area contributed by atoms with Gasteiger partial charge in [0.1, 0.15) is 12.6 Å². The Morgan fingerprint density at radius 2 is 1.61 bits per heavy atom. The Balaban J connectivity index is 1.36. The number of carbonyl (C=O) groups is 3. The Kier molecular flexibility index (Phi) is 6.46. The number of carbonyl (C=O) groups excluding carboxylic acids is 2. The fourth-order valence-corrected chi connectivity index (χ4v) is 4.32. The first-order chi connectivity index (χ1) is 15.8. The topological polar surface area (TPSA) is 105 Å². The molecule has 7 nitrogen and oxygen atoms in total. The zero-order valence-electron chi connectivity index (χ0n) is 17.7. The second-order valence-electron chi connectivity index (χ2n) is 7.68. The van der Waals surface area contributed by atoms with Crippen LogP contribution in [0.2, 0.25) is 0 Å². The van der Waals surface area contributed by atoms with Crippen LogP contribution in [0.15, 0.2) is 71.2 Å². The summed E-state index contributed by atoms with van der Waals surface area (Å²) in [7, 11) is 0. The van der Waals surface area contributed by atoms with Crippen LogP contribution in [0.3, 0.4) is 0 Å². The van der Waals surface area contributed by atoms with Crippen molar-refractivity contribution >= 4 is 39.6 Å². The van der Waals surface area contributed by atoms with Crippen molar-refractivity contribution in [1.29, 1.82) is 0 Å². The number of rotatable bonds is 6. The van der Waals surface area contributed by atoms with Gasteiger partial charge in [0.15, 0.2) is 0 Å². The largest absolute Gasteiger partial charge is 0.478 e. The van der Waals surface area contributed by atoms with E-state index in [2.05, 4.69) is 38.7 Å². The first kappa shape index (κ1) is 22.5. The third-order valence-corrected chi connectivity index (χ3v) is 6.23. The maximum absolute atomic E-state index is 12.5. The SMILES string of the molecule is CC(NC(=O)OCC1c2ccccc2-c2ccccc21)C(=O)Nc1ccc(Br)c(C(=O)O)c1. The van der Waals surface area contributed by atoms with E-state index in [1.807, 2.05) is 36.4 Å². The van der Waals surface area contributed by atoms with E-state index >= 15 is 0 Å². The Hall–Kier alpha value is -3.65. The molecule has 0 heterocycles. The molecular weight excluding hydrogens is 488 g/mol. The molecular formula is C25H21BrN2O5. The molecule has 0 bridgehead atoms. The van der Waals surface area contributed by atoms with Crippen molar-refractivity contribution in [2.45, 2.75) is 18.9 Å². The number of amides is 2. The van der Waals surface area contributed by atoms with Crippen molar-refractivity contribution in [1.82, 2.24) is 5.32 Å². The average molecular weight is 509 g/mol. The monoisotopic (exact) mass is 508 g/mol. The number of halogens is 1. The summed E-state index contributed by atoms with van der Waals surface area (Å²) in [6, 6.07) is 19.6. The van der Waals surface area contributed by atoms with Crippen molar-refractivity contribution in [2.75, 3.05) is 11.9 Å². The molecule has 0 aromatic heterocycles. The predicted octanol–water partition coefficient (Wildman–Crippen LogP) is 5.01. The van der Waals surface area contributed by atoms with Crippen LogP contribution >= 0.6 is 15.9 Å². The van der Waals surface area contributed by atoms with Crippen LogP contribution in [0.5, 0.6) is 0 Å². The molecule has 0 fully saturated rings. The standard InChI is InChI=1S/C25H21BrN2O5/c1-14(23(29)28-15-10-11-22(26)20(12-15)24(30)31)27-25(32)33-13-21-18-8-4-2-6-16(18)17-7-3-5-9-19(17)21/h2-12,14,21H,13H2,1H3,(H,27,32)(H,28,29)(H,30,31). The zero-order valence-corrected chi connectivity index (χ0v) is 19.3. The van der Waals surface area contributed by atoms with Crippen LogP contribution in [0, 0.1) is 0 Å². The molecule has 168 valence electrons. The fraction of sp³-hybridized carbons (Fsp3) is 0.160. The van der Waals surface area contributed by atoms with Crippen molar-refractivity contribution in [3.05, 3.63) is 87.9 Å². The van der Waals surface area contributed by atoms with Gasteiger partial charge in [-0.1, -0.05) is 48.5 Å². The molecule has 3 aromatic carbocycles. The van der Waals surface area contributed by atoms with Crippen LogP contribution in [-0.2, 0) is 9.53 Å². The second-order valence-corrected chi connectivity index (χ2v) is 8.53. The zero-order chi connectivity index (χ0) is 23.5. The number of carboxylic acid groups (broad SMARTS) is 1. The molecule has 3 N–H and O–H groups in total. The Morgan fingerprint density at radius 3 is 2.21 bits per heavy atom. The molecule has 0 spiro atoms. The fourth-order valence-electron chi connectivity index (χ4n) is 3.90. The van der Waals surface area contributed by atoms with Gasteiger partial charge < -0.3 is 20.5 Å². The van der Waals surface area contributed by atoms with E-state index in [0.717, 1.165) is 22.3 Å².